The number of hydrogen-bond donors (Lipinski definition) is 0. The van der Waals surface area contributed by atoms with E-state index in [2.05, 4.69) is 43.6 Å². The summed E-state index contributed by atoms with van der Waals surface area (Å²) in [6, 6.07) is 2.12. The minimum absolute atomic E-state index is 0.287. The van der Waals surface area contributed by atoms with Gasteiger partial charge >= 0.3 is 0 Å². The number of aryl methyl sites for hydroxylation is 1. The Balaban J connectivity index is 2.30. The molecule has 1 aliphatic heterocycles. The Kier molecular flexibility index (Phi) is 3.91. The van der Waals surface area contributed by atoms with Gasteiger partial charge in [0.25, 0.3) is 0 Å². The van der Waals surface area contributed by atoms with E-state index in [0.717, 1.165) is 38.5 Å². The van der Waals surface area contributed by atoms with E-state index in [1.54, 1.807) is 0 Å². The van der Waals surface area contributed by atoms with Crippen LogP contribution in [-0.2, 0) is 11.2 Å². The molecule has 2 heterocycles. The molecular weight excluding hydrogens is 224 g/mol. The Bertz CT molecular complexity index is 403. The predicted octanol–water partition coefficient (Wildman–Crippen LogP) is 2.82. The van der Waals surface area contributed by atoms with Crippen LogP contribution < -0.4 is 4.90 Å². The molecule has 0 spiro atoms. The molecule has 0 bridgehead atoms. The lowest BCUT2D eigenvalue weighted by molar-refractivity contribution is 0.122. The number of hydrogen-bond acceptors (Lipinski definition) is 3. The van der Waals surface area contributed by atoms with Gasteiger partial charge in [-0.1, -0.05) is 20.8 Å². The van der Waals surface area contributed by atoms with Crippen molar-refractivity contribution in [2.45, 2.75) is 34.1 Å². The lowest BCUT2D eigenvalue weighted by atomic mass is 9.86. The molecule has 18 heavy (non-hydrogen) atoms. The third-order valence-corrected chi connectivity index (χ3v) is 3.29. The van der Waals surface area contributed by atoms with Gasteiger partial charge in [-0.05, 0) is 36.0 Å². The third-order valence-electron chi connectivity index (χ3n) is 3.29. The molecule has 0 amide bonds. The van der Waals surface area contributed by atoms with Gasteiger partial charge in [0.15, 0.2) is 0 Å². The summed E-state index contributed by atoms with van der Waals surface area (Å²) in [5, 5.41) is 0. The Morgan fingerprint density at radius 1 is 1.28 bits per heavy atom. The molecule has 0 radical (unpaired) electrons. The Morgan fingerprint density at radius 2 is 1.94 bits per heavy atom. The fourth-order valence-corrected chi connectivity index (χ4v) is 2.37. The Labute approximate surface area is 110 Å². The van der Waals surface area contributed by atoms with Gasteiger partial charge < -0.3 is 9.64 Å². The first-order valence-corrected chi connectivity index (χ1v) is 6.74. The minimum Gasteiger partial charge on any atom is -0.378 e. The first-order chi connectivity index (χ1) is 8.47. The van der Waals surface area contributed by atoms with Crippen LogP contribution in [0.25, 0.3) is 0 Å². The van der Waals surface area contributed by atoms with Gasteiger partial charge in [0.2, 0.25) is 0 Å². The summed E-state index contributed by atoms with van der Waals surface area (Å²) >= 11 is 0. The maximum Gasteiger partial charge on any atom is 0.132 e. The van der Waals surface area contributed by atoms with Gasteiger partial charge in [-0.2, -0.15) is 0 Å². The summed E-state index contributed by atoms with van der Waals surface area (Å²) in [6.45, 7) is 12.6. The molecule has 0 aliphatic carbocycles. The molecule has 0 N–H and O–H groups in total. The molecule has 0 aromatic carbocycles. The second-order valence-corrected chi connectivity index (χ2v) is 6.27. The van der Waals surface area contributed by atoms with Crippen LogP contribution in [0.5, 0.6) is 0 Å². The number of aromatic nitrogens is 1. The summed E-state index contributed by atoms with van der Waals surface area (Å²) in [5.41, 5.74) is 3.03. The van der Waals surface area contributed by atoms with E-state index in [0.29, 0.717) is 0 Å². The number of ether oxygens (including phenoxy) is 1. The fourth-order valence-electron chi connectivity index (χ4n) is 2.37. The highest BCUT2D eigenvalue weighted by Gasteiger charge is 2.21. The average Bonchev–Trinajstić information content (AvgIpc) is 2.31. The molecule has 1 aliphatic rings. The molecule has 2 rings (SSSR count). The highest BCUT2D eigenvalue weighted by Crippen LogP contribution is 2.29. The molecule has 1 aromatic rings. The highest BCUT2D eigenvalue weighted by molar-refractivity contribution is 5.51. The van der Waals surface area contributed by atoms with E-state index in [1.807, 2.05) is 6.20 Å². The van der Waals surface area contributed by atoms with Crippen LogP contribution in [0.4, 0.5) is 5.82 Å². The molecule has 0 saturated carbocycles. The standard InChI is InChI=1S/C15H24N2O/c1-12-5-6-16-14(13(12)11-15(2,3)4)17-7-9-18-10-8-17/h5-6H,7-11H2,1-4H3. The van der Waals surface area contributed by atoms with Crippen molar-refractivity contribution >= 4 is 5.82 Å². The molecule has 1 fully saturated rings. The van der Waals surface area contributed by atoms with Crippen molar-refractivity contribution in [2.24, 2.45) is 5.41 Å². The molecule has 0 unspecified atom stereocenters. The maximum atomic E-state index is 5.42. The van der Waals surface area contributed by atoms with Crippen molar-refractivity contribution in [2.75, 3.05) is 31.2 Å². The predicted molar refractivity (Wildman–Crippen MR) is 75.2 cm³/mol. The first-order valence-electron chi connectivity index (χ1n) is 6.74. The number of anilines is 1. The van der Waals surface area contributed by atoms with E-state index >= 15 is 0 Å². The van der Waals surface area contributed by atoms with Gasteiger partial charge in [-0.3, -0.25) is 0 Å². The van der Waals surface area contributed by atoms with Crippen molar-refractivity contribution in [1.82, 2.24) is 4.98 Å². The first kappa shape index (κ1) is 13.3. The molecule has 1 saturated heterocycles. The van der Waals surface area contributed by atoms with Crippen molar-refractivity contribution in [3.63, 3.8) is 0 Å². The molecule has 100 valence electrons. The van der Waals surface area contributed by atoms with Gasteiger partial charge in [0.1, 0.15) is 5.82 Å². The van der Waals surface area contributed by atoms with Crippen LogP contribution in [-0.4, -0.2) is 31.3 Å². The monoisotopic (exact) mass is 248 g/mol. The lowest BCUT2D eigenvalue weighted by Crippen LogP contribution is -2.37. The van der Waals surface area contributed by atoms with Crippen molar-refractivity contribution < 1.29 is 4.74 Å². The topological polar surface area (TPSA) is 25.4 Å². The zero-order chi connectivity index (χ0) is 13.2. The van der Waals surface area contributed by atoms with Crippen molar-refractivity contribution in [1.29, 1.82) is 0 Å². The molecule has 3 nitrogen and oxygen atoms in total. The maximum absolute atomic E-state index is 5.42. The van der Waals surface area contributed by atoms with Crippen LogP contribution in [0, 0.1) is 12.3 Å². The van der Waals surface area contributed by atoms with Crippen LogP contribution >= 0.6 is 0 Å². The van der Waals surface area contributed by atoms with Crippen LogP contribution in [0.1, 0.15) is 31.9 Å². The van der Waals surface area contributed by atoms with E-state index in [4.69, 9.17) is 4.74 Å². The number of nitrogens with zero attached hydrogens (tertiary/aromatic N) is 2. The summed E-state index contributed by atoms with van der Waals surface area (Å²) < 4.78 is 5.42. The van der Waals surface area contributed by atoms with E-state index in [1.165, 1.54) is 11.1 Å². The van der Waals surface area contributed by atoms with Crippen LogP contribution in [0.2, 0.25) is 0 Å². The second-order valence-electron chi connectivity index (χ2n) is 6.27. The average molecular weight is 248 g/mol. The smallest absolute Gasteiger partial charge is 0.132 e. The van der Waals surface area contributed by atoms with Crippen LogP contribution in [0.3, 0.4) is 0 Å². The largest absolute Gasteiger partial charge is 0.378 e. The summed E-state index contributed by atoms with van der Waals surface area (Å²) in [5.74, 6) is 1.16. The molecule has 0 atom stereocenters. The Hall–Kier alpha value is -1.09. The third kappa shape index (κ3) is 3.22. The minimum atomic E-state index is 0.287. The number of pyridine rings is 1. The van der Waals surface area contributed by atoms with Crippen molar-refractivity contribution in [3.8, 4) is 0 Å². The van der Waals surface area contributed by atoms with Crippen molar-refractivity contribution in [3.05, 3.63) is 23.4 Å². The lowest BCUT2D eigenvalue weighted by Gasteiger charge is -2.31. The number of rotatable bonds is 2. The second kappa shape index (κ2) is 5.27. The quantitative estimate of drug-likeness (QED) is 0.804. The summed E-state index contributed by atoms with van der Waals surface area (Å²) in [4.78, 5) is 6.98. The Morgan fingerprint density at radius 3 is 2.56 bits per heavy atom. The van der Waals surface area contributed by atoms with E-state index in [-0.39, 0.29) is 5.41 Å². The highest BCUT2D eigenvalue weighted by atomic mass is 16.5. The van der Waals surface area contributed by atoms with Gasteiger partial charge in [-0.25, -0.2) is 4.98 Å². The normalized spacial score (nSPS) is 17.0. The molecule has 1 aromatic heterocycles. The summed E-state index contributed by atoms with van der Waals surface area (Å²) in [6.07, 6.45) is 2.99. The zero-order valence-corrected chi connectivity index (χ0v) is 12.0. The van der Waals surface area contributed by atoms with Crippen LogP contribution in [0.15, 0.2) is 12.3 Å². The molecule has 3 heteroatoms. The van der Waals surface area contributed by atoms with Gasteiger partial charge in [-0.15, -0.1) is 0 Å². The van der Waals surface area contributed by atoms with E-state index in [9.17, 15) is 0 Å². The zero-order valence-electron chi connectivity index (χ0n) is 12.0. The number of morpholine rings is 1. The molecular formula is C15H24N2O. The SMILES string of the molecule is Cc1ccnc(N2CCOCC2)c1CC(C)(C)C. The fraction of sp³-hybridized carbons (Fsp3) is 0.667. The summed E-state index contributed by atoms with van der Waals surface area (Å²) in [7, 11) is 0. The van der Waals surface area contributed by atoms with E-state index < -0.39 is 0 Å². The van der Waals surface area contributed by atoms with Gasteiger partial charge in [0.05, 0.1) is 13.2 Å². The van der Waals surface area contributed by atoms with Gasteiger partial charge in [0, 0.05) is 19.3 Å².